The topological polar surface area (TPSA) is 62.5 Å². The SMILES string of the molecule is CC(C)c1ccc2occ(CC(=O)NCCO)c2c1. The lowest BCUT2D eigenvalue weighted by atomic mass is 10.00. The molecule has 1 heterocycles. The first-order valence-corrected chi connectivity index (χ1v) is 6.49. The molecule has 0 unspecified atom stereocenters. The van der Waals surface area contributed by atoms with Gasteiger partial charge in [0, 0.05) is 17.5 Å². The summed E-state index contributed by atoms with van der Waals surface area (Å²) >= 11 is 0. The number of aliphatic hydroxyl groups is 1. The minimum atomic E-state index is -0.105. The maximum absolute atomic E-state index is 11.7. The molecule has 0 fully saturated rings. The monoisotopic (exact) mass is 261 g/mol. The standard InChI is InChI=1S/C15H19NO3/c1-10(2)11-3-4-14-13(7-11)12(9-19-14)8-15(18)16-5-6-17/h3-4,7,9-10,17H,5-6,8H2,1-2H3,(H,16,18). The molecule has 4 nitrogen and oxygen atoms in total. The minimum absolute atomic E-state index is 0.0463. The molecule has 0 saturated carbocycles. The molecule has 102 valence electrons. The van der Waals surface area contributed by atoms with Crippen LogP contribution in [0.1, 0.15) is 30.9 Å². The van der Waals surface area contributed by atoms with Gasteiger partial charge in [-0.2, -0.15) is 0 Å². The van der Waals surface area contributed by atoms with Gasteiger partial charge in [0.15, 0.2) is 0 Å². The van der Waals surface area contributed by atoms with Gasteiger partial charge in [-0.1, -0.05) is 19.9 Å². The first kappa shape index (κ1) is 13.6. The van der Waals surface area contributed by atoms with Crippen LogP contribution < -0.4 is 5.32 Å². The molecule has 0 aliphatic rings. The molecule has 0 saturated heterocycles. The van der Waals surface area contributed by atoms with Gasteiger partial charge in [0.2, 0.25) is 5.91 Å². The number of carbonyl (C=O) groups is 1. The van der Waals surface area contributed by atoms with E-state index in [1.165, 1.54) is 5.56 Å². The van der Waals surface area contributed by atoms with Gasteiger partial charge < -0.3 is 14.8 Å². The molecule has 0 aliphatic carbocycles. The Balaban J connectivity index is 2.23. The number of amides is 1. The van der Waals surface area contributed by atoms with Crippen LogP contribution in [0.5, 0.6) is 0 Å². The Hall–Kier alpha value is -1.81. The van der Waals surface area contributed by atoms with E-state index in [1.54, 1.807) is 6.26 Å². The van der Waals surface area contributed by atoms with E-state index in [1.807, 2.05) is 12.1 Å². The van der Waals surface area contributed by atoms with Crippen LogP contribution in [-0.4, -0.2) is 24.2 Å². The Morgan fingerprint density at radius 3 is 2.89 bits per heavy atom. The molecule has 2 rings (SSSR count). The number of carbonyl (C=O) groups excluding carboxylic acids is 1. The Kier molecular flexibility index (Phi) is 4.22. The van der Waals surface area contributed by atoms with Crippen LogP contribution in [0, 0.1) is 0 Å². The van der Waals surface area contributed by atoms with Crippen molar-refractivity contribution in [3.63, 3.8) is 0 Å². The lowest BCUT2D eigenvalue weighted by molar-refractivity contribution is -0.120. The van der Waals surface area contributed by atoms with Crippen molar-refractivity contribution in [1.29, 1.82) is 0 Å². The number of hydrogen-bond acceptors (Lipinski definition) is 3. The van der Waals surface area contributed by atoms with Crippen molar-refractivity contribution in [2.24, 2.45) is 0 Å². The van der Waals surface area contributed by atoms with Crippen molar-refractivity contribution in [2.75, 3.05) is 13.2 Å². The van der Waals surface area contributed by atoms with E-state index in [4.69, 9.17) is 9.52 Å². The highest BCUT2D eigenvalue weighted by Gasteiger charge is 2.11. The summed E-state index contributed by atoms with van der Waals surface area (Å²) in [4.78, 5) is 11.7. The third-order valence-corrected chi connectivity index (χ3v) is 3.13. The number of hydrogen-bond donors (Lipinski definition) is 2. The van der Waals surface area contributed by atoms with Crippen molar-refractivity contribution in [3.8, 4) is 0 Å². The second-order valence-electron chi connectivity index (χ2n) is 4.92. The third kappa shape index (κ3) is 3.15. The first-order valence-electron chi connectivity index (χ1n) is 6.49. The summed E-state index contributed by atoms with van der Waals surface area (Å²) < 4.78 is 5.46. The molecule has 1 aromatic heterocycles. The van der Waals surface area contributed by atoms with E-state index in [0.717, 1.165) is 16.5 Å². The van der Waals surface area contributed by atoms with Crippen LogP contribution in [0.15, 0.2) is 28.9 Å². The average molecular weight is 261 g/mol. The predicted molar refractivity (Wildman–Crippen MR) is 74.1 cm³/mol. The second-order valence-corrected chi connectivity index (χ2v) is 4.92. The molecule has 0 spiro atoms. The molecular formula is C15H19NO3. The van der Waals surface area contributed by atoms with Gasteiger partial charge in [0.1, 0.15) is 5.58 Å². The van der Waals surface area contributed by atoms with Gasteiger partial charge in [-0.25, -0.2) is 0 Å². The van der Waals surface area contributed by atoms with Crippen LogP contribution in [0.25, 0.3) is 11.0 Å². The molecule has 0 atom stereocenters. The van der Waals surface area contributed by atoms with Crippen molar-refractivity contribution >= 4 is 16.9 Å². The van der Waals surface area contributed by atoms with Gasteiger partial charge >= 0.3 is 0 Å². The van der Waals surface area contributed by atoms with E-state index in [9.17, 15) is 4.79 Å². The maximum Gasteiger partial charge on any atom is 0.224 e. The number of furan rings is 1. The van der Waals surface area contributed by atoms with Crippen LogP contribution >= 0.6 is 0 Å². The number of fused-ring (bicyclic) bond motifs is 1. The molecule has 19 heavy (non-hydrogen) atoms. The van der Waals surface area contributed by atoms with E-state index < -0.39 is 0 Å². The van der Waals surface area contributed by atoms with Gasteiger partial charge in [-0.15, -0.1) is 0 Å². The van der Waals surface area contributed by atoms with Crippen LogP contribution in [-0.2, 0) is 11.2 Å². The lowest BCUT2D eigenvalue weighted by Crippen LogP contribution is -2.27. The normalized spacial score (nSPS) is 11.2. The van der Waals surface area contributed by atoms with Crippen LogP contribution in [0.2, 0.25) is 0 Å². The fourth-order valence-electron chi connectivity index (χ4n) is 2.03. The highest BCUT2D eigenvalue weighted by atomic mass is 16.3. The molecule has 1 amide bonds. The van der Waals surface area contributed by atoms with E-state index in [-0.39, 0.29) is 25.5 Å². The first-order chi connectivity index (χ1) is 9.11. The molecule has 0 aliphatic heterocycles. The zero-order valence-electron chi connectivity index (χ0n) is 11.3. The van der Waals surface area contributed by atoms with Crippen molar-refractivity contribution < 1.29 is 14.3 Å². The molecule has 2 aromatic rings. The second kappa shape index (κ2) is 5.89. The Morgan fingerprint density at radius 2 is 2.21 bits per heavy atom. The van der Waals surface area contributed by atoms with Gasteiger partial charge in [0.05, 0.1) is 19.3 Å². The number of rotatable bonds is 5. The van der Waals surface area contributed by atoms with Crippen molar-refractivity contribution in [3.05, 3.63) is 35.6 Å². The van der Waals surface area contributed by atoms with Gasteiger partial charge in [0.25, 0.3) is 0 Å². The van der Waals surface area contributed by atoms with Crippen molar-refractivity contribution in [1.82, 2.24) is 5.32 Å². The summed E-state index contributed by atoms with van der Waals surface area (Å²) in [6, 6.07) is 6.07. The Bertz CT molecular complexity index is 572. The Morgan fingerprint density at radius 1 is 1.42 bits per heavy atom. The number of nitrogens with one attached hydrogen (secondary N) is 1. The molecule has 0 radical (unpaired) electrons. The van der Waals surface area contributed by atoms with Crippen LogP contribution in [0.3, 0.4) is 0 Å². The summed E-state index contributed by atoms with van der Waals surface area (Å²) in [5, 5.41) is 12.3. The van der Waals surface area contributed by atoms with Crippen molar-refractivity contribution in [2.45, 2.75) is 26.2 Å². The molecule has 4 heteroatoms. The third-order valence-electron chi connectivity index (χ3n) is 3.13. The summed E-state index contributed by atoms with van der Waals surface area (Å²) in [5.41, 5.74) is 2.91. The Labute approximate surface area is 112 Å². The highest BCUT2D eigenvalue weighted by Crippen LogP contribution is 2.26. The number of benzene rings is 1. The molecule has 0 bridgehead atoms. The zero-order chi connectivity index (χ0) is 13.8. The summed E-state index contributed by atoms with van der Waals surface area (Å²) in [6.07, 6.45) is 1.90. The lowest BCUT2D eigenvalue weighted by Gasteiger charge is -2.05. The highest BCUT2D eigenvalue weighted by molar-refractivity contribution is 5.88. The smallest absolute Gasteiger partial charge is 0.224 e. The molecular weight excluding hydrogens is 242 g/mol. The zero-order valence-corrected chi connectivity index (χ0v) is 11.3. The van der Waals surface area contributed by atoms with E-state index in [0.29, 0.717) is 5.92 Å². The summed E-state index contributed by atoms with van der Waals surface area (Å²) in [5.74, 6) is 0.335. The fraction of sp³-hybridized carbons (Fsp3) is 0.400. The van der Waals surface area contributed by atoms with Gasteiger partial charge in [-0.05, 0) is 23.6 Å². The maximum atomic E-state index is 11.7. The van der Waals surface area contributed by atoms with E-state index in [2.05, 4.69) is 25.2 Å². The minimum Gasteiger partial charge on any atom is -0.464 e. The molecule has 2 N–H and O–H groups in total. The fourth-order valence-corrected chi connectivity index (χ4v) is 2.03. The summed E-state index contributed by atoms with van der Waals surface area (Å²) in [6.45, 7) is 4.50. The van der Waals surface area contributed by atoms with Gasteiger partial charge in [-0.3, -0.25) is 4.79 Å². The molecule has 1 aromatic carbocycles. The van der Waals surface area contributed by atoms with E-state index >= 15 is 0 Å². The quantitative estimate of drug-likeness (QED) is 0.867. The predicted octanol–water partition coefficient (Wildman–Crippen LogP) is 2.21. The largest absolute Gasteiger partial charge is 0.464 e. The summed E-state index contributed by atoms with van der Waals surface area (Å²) in [7, 11) is 0. The number of aliphatic hydroxyl groups excluding tert-OH is 1. The average Bonchev–Trinajstić information content (AvgIpc) is 2.78. The van der Waals surface area contributed by atoms with Crippen LogP contribution in [0.4, 0.5) is 0 Å².